The maximum atomic E-state index is 12.1. The summed E-state index contributed by atoms with van der Waals surface area (Å²) in [4.78, 5) is 2.27. The average molecular weight is 310 g/mol. The number of unbranched alkanes of at least 4 members (excludes halogenated alkanes) is 1. The van der Waals surface area contributed by atoms with E-state index in [0.717, 1.165) is 43.6 Å². The molecule has 0 spiro atoms. The number of rotatable bonds is 5. The van der Waals surface area contributed by atoms with Gasteiger partial charge in [0.15, 0.2) is 0 Å². The summed E-state index contributed by atoms with van der Waals surface area (Å²) < 4.78 is 40.2. The summed E-state index contributed by atoms with van der Waals surface area (Å²) in [5, 5.41) is 8.52. The van der Waals surface area contributed by atoms with E-state index in [-0.39, 0.29) is 5.75 Å². The molecule has 0 atom stereocenters. The molecule has 0 fully saturated rings. The van der Waals surface area contributed by atoms with Crippen LogP contribution in [0.25, 0.3) is 5.57 Å². The number of nitrogens with zero attached hydrogens (tertiary/aromatic N) is 2. The summed E-state index contributed by atoms with van der Waals surface area (Å²) in [5.41, 5.74) is 2.06. The van der Waals surface area contributed by atoms with Crippen LogP contribution in [0, 0.1) is 11.3 Å². The van der Waals surface area contributed by atoms with Crippen LogP contribution in [0.4, 0.5) is 13.2 Å². The number of ether oxygens (including phenoxy) is 1. The first kappa shape index (κ1) is 16.4. The summed E-state index contributed by atoms with van der Waals surface area (Å²) in [6.45, 7) is 2.61. The third-order valence-corrected chi connectivity index (χ3v) is 3.51. The SMILES string of the molecule is N#CCCCN1CC=C(c2ccc(OC(F)(F)F)cc2)CC1. The Bertz CT molecular complexity index is 558. The van der Waals surface area contributed by atoms with Crippen LogP contribution in [-0.2, 0) is 0 Å². The smallest absolute Gasteiger partial charge is 0.406 e. The van der Waals surface area contributed by atoms with E-state index in [2.05, 4.69) is 21.8 Å². The number of hydrogen-bond donors (Lipinski definition) is 0. The zero-order chi connectivity index (χ0) is 16.0. The summed E-state index contributed by atoms with van der Waals surface area (Å²) in [7, 11) is 0. The highest BCUT2D eigenvalue weighted by Crippen LogP contribution is 2.27. The van der Waals surface area contributed by atoms with Crippen molar-refractivity contribution in [2.24, 2.45) is 0 Å². The Hall–Kier alpha value is -2.00. The second-order valence-corrected chi connectivity index (χ2v) is 5.11. The highest BCUT2D eigenvalue weighted by molar-refractivity contribution is 5.67. The molecule has 1 aliphatic heterocycles. The van der Waals surface area contributed by atoms with Gasteiger partial charge in [-0.25, -0.2) is 0 Å². The Kier molecular flexibility index (Phi) is 5.45. The van der Waals surface area contributed by atoms with Crippen LogP contribution in [0.5, 0.6) is 5.75 Å². The van der Waals surface area contributed by atoms with Crippen molar-refractivity contribution >= 4 is 5.57 Å². The first-order chi connectivity index (χ1) is 10.5. The minimum absolute atomic E-state index is 0.203. The van der Waals surface area contributed by atoms with Crippen molar-refractivity contribution in [3.8, 4) is 11.8 Å². The van der Waals surface area contributed by atoms with E-state index in [0.29, 0.717) is 6.42 Å². The van der Waals surface area contributed by atoms with Crippen molar-refractivity contribution in [3.63, 3.8) is 0 Å². The zero-order valence-electron chi connectivity index (χ0n) is 12.1. The fraction of sp³-hybridized carbons (Fsp3) is 0.438. The van der Waals surface area contributed by atoms with E-state index in [1.807, 2.05) is 0 Å². The fourth-order valence-corrected chi connectivity index (χ4v) is 2.43. The second kappa shape index (κ2) is 7.32. The van der Waals surface area contributed by atoms with Crippen LogP contribution in [0.2, 0.25) is 0 Å². The van der Waals surface area contributed by atoms with Gasteiger partial charge < -0.3 is 4.74 Å². The van der Waals surface area contributed by atoms with Crippen LogP contribution < -0.4 is 4.74 Å². The van der Waals surface area contributed by atoms with Crippen LogP contribution in [0.1, 0.15) is 24.8 Å². The molecule has 6 heteroatoms. The lowest BCUT2D eigenvalue weighted by atomic mass is 9.99. The first-order valence-electron chi connectivity index (χ1n) is 7.12. The third kappa shape index (κ3) is 5.08. The van der Waals surface area contributed by atoms with Gasteiger partial charge in [0.2, 0.25) is 0 Å². The molecule has 0 N–H and O–H groups in total. The molecule has 0 radical (unpaired) electrons. The average Bonchev–Trinajstić information content (AvgIpc) is 2.48. The van der Waals surface area contributed by atoms with Gasteiger partial charge in [-0.05, 0) is 42.7 Å². The van der Waals surface area contributed by atoms with Gasteiger partial charge >= 0.3 is 6.36 Å². The number of hydrogen-bond acceptors (Lipinski definition) is 3. The van der Waals surface area contributed by atoms with Gasteiger partial charge in [-0.3, -0.25) is 4.90 Å². The molecule has 3 nitrogen and oxygen atoms in total. The number of alkyl halides is 3. The molecule has 1 aromatic rings. The number of halogens is 3. The first-order valence-corrected chi connectivity index (χ1v) is 7.12. The molecule has 0 unspecified atom stereocenters. The normalized spacial score (nSPS) is 16.0. The van der Waals surface area contributed by atoms with Crippen molar-refractivity contribution < 1.29 is 17.9 Å². The standard InChI is InChI=1S/C16H17F3N2O/c17-16(18,19)22-15-5-3-13(4-6-15)14-7-11-21(12-8-14)10-2-1-9-20/h3-7H,1-2,8,10-12H2. The van der Waals surface area contributed by atoms with E-state index in [1.54, 1.807) is 12.1 Å². The van der Waals surface area contributed by atoms with Gasteiger partial charge in [-0.15, -0.1) is 13.2 Å². The molecule has 1 aromatic carbocycles. The van der Waals surface area contributed by atoms with Gasteiger partial charge in [0.1, 0.15) is 5.75 Å². The molecule has 0 amide bonds. The van der Waals surface area contributed by atoms with Crippen LogP contribution >= 0.6 is 0 Å². The molecule has 0 saturated carbocycles. The molecule has 22 heavy (non-hydrogen) atoms. The Balaban J connectivity index is 1.91. The van der Waals surface area contributed by atoms with Crippen molar-refractivity contribution in [2.45, 2.75) is 25.6 Å². The van der Waals surface area contributed by atoms with Crippen molar-refractivity contribution in [1.29, 1.82) is 5.26 Å². The fourth-order valence-electron chi connectivity index (χ4n) is 2.43. The molecular formula is C16H17F3N2O. The summed E-state index contributed by atoms with van der Waals surface area (Å²) in [5.74, 6) is -0.203. The van der Waals surface area contributed by atoms with Gasteiger partial charge in [0, 0.05) is 19.5 Å². The van der Waals surface area contributed by atoms with Crippen molar-refractivity contribution in [2.75, 3.05) is 19.6 Å². The molecule has 0 saturated heterocycles. The van der Waals surface area contributed by atoms with Crippen LogP contribution in [0.3, 0.4) is 0 Å². The highest BCUT2D eigenvalue weighted by atomic mass is 19.4. The summed E-state index contributed by atoms with van der Waals surface area (Å²) in [6, 6.07) is 8.10. The third-order valence-electron chi connectivity index (χ3n) is 3.51. The van der Waals surface area contributed by atoms with E-state index in [1.165, 1.54) is 12.1 Å². The van der Waals surface area contributed by atoms with Gasteiger partial charge in [-0.1, -0.05) is 18.2 Å². The van der Waals surface area contributed by atoms with E-state index >= 15 is 0 Å². The molecule has 118 valence electrons. The van der Waals surface area contributed by atoms with Gasteiger partial charge in [-0.2, -0.15) is 5.26 Å². The quantitative estimate of drug-likeness (QED) is 0.772. The van der Waals surface area contributed by atoms with Crippen molar-refractivity contribution in [3.05, 3.63) is 35.9 Å². The minimum Gasteiger partial charge on any atom is -0.406 e. The molecule has 0 bridgehead atoms. The highest BCUT2D eigenvalue weighted by Gasteiger charge is 2.31. The maximum absolute atomic E-state index is 12.1. The molecular weight excluding hydrogens is 293 g/mol. The Morgan fingerprint density at radius 3 is 2.50 bits per heavy atom. The monoisotopic (exact) mass is 310 g/mol. The number of benzene rings is 1. The minimum atomic E-state index is -4.66. The molecule has 0 aromatic heterocycles. The van der Waals surface area contributed by atoms with Gasteiger partial charge in [0.25, 0.3) is 0 Å². The maximum Gasteiger partial charge on any atom is 0.573 e. The predicted molar refractivity (Wildman–Crippen MR) is 77.0 cm³/mol. The van der Waals surface area contributed by atoms with E-state index < -0.39 is 6.36 Å². The number of nitriles is 1. The van der Waals surface area contributed by atoms with Crippen molar-refractivity contribution in [1.82, 2.24) is 4.90 Å². The summed E-state index contributed by atoms with van der Waals surface area (Å²) >= 11 is 0. The second-order valence-electron chi connectivity index (χ2n) is 5.11. The zero-order valence-corrected chi connectivity index (χ0v) is 12.1. The van der Waals surface area contributed by atoms with E-state index in [9.17, 15) is 13.2 Å². The molecule has 1 aliphatic rings. The lowest BCUT2D eigenvalue weighted by molar-refractivity contribution is -0.274. The molecule has 1 heterocycles. The predicted octanol–water partition coefficient (Wildman–Crippen LogP) is 3.98. The van der Waals surface area contributed by atoms with Crippen LogP contribution in [-0.4, -0.2) is 30.9 Å². The van der Waals surface area contributed by atoms with E-state index in [4.69, 9.17) is 5.26 Å². The molecule has 2 rings (SSSR count). The lowest BCUT2D eigenvalue weighted by Gasteiger charge is -2.26. The Labute approximate surface area is 127 Å². The molecule has 0 aliphatic carbocycles. The largest absolute Gasteiger partial charge is 0.573 e. The lowest BCUT2D eigenvalue weighted by Crippen LogP contribution is -2.29. The van der Waals surface area contributed by atoms with Gasteiger partial charge in [0.05, 0.1) is 6.07 Å². The Morgan fingerprint density at radius 1 is 1.23 bits per heavy atom. The Morgan fingerprint density at radius 2 is 1.95 bits per heavy atom. The van der Waals surface area contributed by atoms with Crippen LogP contribution in [0.15, 0.2) is 30.3 Å². The topological polar surface area (TPSA) is 36.3 Å². The summed E-state index contributed by atoms with van der Waals surface area (Å²) in [6.07, 6.45) is -0.284.